The van der Waals surface area contributed by atoms with Gasteiger partial charge in [0, 0.05) is 21.6 Å². The molecular formula is C14H13BrF3NS. The highest BCUT2D eigenvalue weighted by Gasteiger charge is 2.33. The molecule has 0 saturated carbocycles. The van der Waals surface area contributed by atoms with Crippen molar-refractivity contribution in [1.82, 2.24) is 0 Å². The van der Waals surface area contributed by atoms with Crippen molar-refractivity contribution in [3.05, 3.63) is 50.1 Å². The third-order valence-electron chi connectivity index (χ3n) is 2.94. The number of rotatable bonds is 4. The van der Waals surface area contributed by atoms with Crippen molar-refractivity contribution in [1.29, 1.82) is 0 Å². The Morgan fingerprint density at radius 1 is 1.25 bits per heavy atom. The van der Waals surface area contributed by atoms with Crippen molar-refractivity contribution in [2.24, 2.45) is 0 Å². The number of anilines is 1. The Balaban J connectivity index is 2.22. The van der Waals surface area contributed by atoms with Crippen LogP contribution in [0.5, 0.6) is 0 Å². The molecule has 0 atom stereocenters. The number of halogens is 4. The molecule has 2 rings (SSSR count). The largest absolute Gasteiger partial charge is 0.418 e. The van der Waals surface area contributed by atoms with Crippen LogP contribution >= 0.6 is 27.3 Å². The summed E-state index contributed by atoms with van der Waals surface area (Å²) in [5.41, 5.74) is 0.630. The molecule has 1 aromatic heterocycles. The molecule has 0 radical (unpaired) electrons. The molecule has 1 nitrogen and oxygen atoms in total. The van der Waals surface area contributed by atoms with E-state index in [-0.39, 0.29) is 5.69 Å². The predicted molar refractivity (Wildman–Crippen MR) is 80.2 cm³/mol. The molecule has 2 aromatic rings. The van der Waals surface area contributed by atoms with E-state index in [1.807, 2.05) is 18.4 Å². The predicted octanol–water partition coefficient (Wildman–Crippen LogP) is 5.70. The summed E-state index contributed by atoms with van der Waals surface area (Å²) in [6.07, 6.45) is -3.48. The number of nitrogens with one attached hydrogen (secondary N) is 1. The van der Waals surface area contributed by atoms with E-state index in [4.69, 9.17) is 0 Å². The van der Waals surface area contributed by atoms with Gasteiger partial charge in [0.1, 0.15) is 0 Å². The zero-order valence-corrected chi connectivity index (χ0v) is 13.1. The monoisotopic (exact) mass is 363 g/mol. The lowest BCUT2D eigenvalue weighted by Gasteiger charge is -2.15. The molecule has 0 bridgehead atoms. The normalized spacial score (nSPS) is 11.7. The number of benzene rings is 1. The van der Waals surface area contributed by atoms with Gasteiger partial charge >= 0.3 is 6.18 Å². The zero-order valence-electron chi connectivity index (χ0n) is 10.7. The van der Waals surface area contributed by atoms with Crippen molar-refractivity contribution < 1.29 is 13.2 Å². The average molecular weight is 364 g/mol. The van der Waals surface area contributed by atoms with Crippen LogP contribution in [0.15, 0.2) is 34.1 Å². The SMILES string of the molecule is CCc1ccsc1CNc1ccc(Br)cc1C(F)(F)F. The van der Waals surface area contributed by atoms with E-state index in [0.29, 0.717) is 11.0 Å². The summed E-state index contributed by atoms with van der Waals surface area (Å²) in [6, 6.07) is 6.16. The quantitative estimate of drug-likeness (QED) is 0.733. The highest BCUT2D eigenvalue weighted by Crippen LogP contribution is 2.37. The number of hydrogen-bond donors (Lipinski definition) is 1. The number of aryl methyl sites for hydroxylation is 1. The molecule has 0 aliphatic carbocycles. The van der Waals surface area contributed by atoms with E-state index in [0.717, 1.165) is 17.4 Å². The zero-order chi connectivity index (χ0) is 14.8. The highest BCUT2D eigenvalue weighted by molar-refractivity contribution is 9.10. The Morgan fingerprint density at radius 2 is 2.00 bits per heavy atom. The second-order valence-electron chi connectivity index (χ2n) is 4.26. The lowest BCUT2D eigenvalue weighted by molar-refractivity contribution is -0.137. The Bertz CT molecular complexity index is 592. The van der Waals surface area contributed by atoms with E-state index in [1.165, 1.54) is 11.6 Å². The molecule has 1 heterocycles. The summed E-state index contributed by atoms with van der Waals surface area (Å²) in [5, 5.41) is 4.85. The van der Waals surface area contributed by atoms with E-state index >= 15 is 0 Å². The van der Waals surface area contributed by atoms with Gasteiger partial charge in [0.05, 0.1) is 5.56 Å². The minimum absolute atomic E-state index is 0.108. The maximum Gasteiger partial charge on any atom is 0.418 e. The first-order valence-electron chi connectivity index (χ1n) is 6.07. The molecule has 20 heavy (non-hydrogen) atoms. The molecule has 1 N–H and O–H groups in total. The van der Waals surface area contributed by atoms with Crippen LogP contribution in [-0.4, -0.2) is 0 Å². The molecule has 108 valence electrons. The third-order valence-corrected chi connectivity index (χ3v) is 4.40. The van der Waals surface area contributed by atoms with Gasteiger partial charge in [-0.2, -0.15) is 13.2 Å². The molecule has 0 aliphatic rings. The second kappa shape index (κ2) is 6.18. The maximum absolute atomic E-state index is 13.0. The lowest BCUT2D eigenvalue weighted by atomic mass is 10.1. The summed E-state index contributed by atoms with van der Waals surface area (Å²) in [5.74, 6) is 0. The van der Waals surface area contributed by atoms with Gasteiger partial charge in [-0.15, -0.1) is 11.3 Å². The van der Waals surface area contributed by atoms with Crippen LogP contribution in [0.4, 0.5) is 18.9 Å². The molecule has 0 spiro atoms. The van der Waals surface area contributed by atoms with Crippen LogP contribution in [0.3, 0.4) is 0 Å². The van der Waals surface area contributed by atoms with Crippen LogP contribution in [0.2, 0.25) is 0 Å². The second-order valence-corrected chi connectivity index (χ2v) is 6.18. The Hall–Kier alpha value is -1.01. The van der Waals surface area contributed by atoms with E-state index in [2.05, 4.69) is 21.2 Å². The van der Waals surface area contributed by atoms with E-state index in [9.17, 15) is 13.2 Å². The summed E-state index contributed by atoms with van der Waals surface area (Å²) < 4.78 is 39.4. The summed E-state index contributed by atoms with van der Waals surface area (Å²) in [6.45, 7) is 2.44. The topological polar surface area (TPSA) is 12.0 Å². The van der Waals surface area contributed by atoms with Crippen molar-refractivity contribution in [3.8, 4) is 0 Å². The fraction of sp³-hybridized carbons (Fsp3) is 0.286. The van der Waals surface area contributed by atoms with Gasteiger partial charge in [-0.1, -0.05) is 22.9 Å². The minimum atomic E-state index is -4.37. The molecule has 6 heteroatoms. The van der Waals surface area contributed by atoms with Crippen molar-refractivity contribution in [2.75, 3.05) is 5.32 Å². The van der Waals surface area contributed by atoms with Gasteiger partial charge < -0.3 is 5.32 Å². The molecule has 0 saturated heterocycles. The van der Waals surface area contributed by atoms with Crippen LogP contribution in [-0.2, 0) is 19.1 Å². The molecule has 0 fully saturated rings. The van der Waals surface area contributed by atoms with Crippen LogP contribution in [0.25, 0.3) is 0 Å². The summed E-state index contributed by atoms with van der Waals surface area (Å²) in [4.78, 5) is 1.07. The first-order valence-corrected chi connectivity index (χ1v) is 7.75. The fourth-order valence-electron chi connectivity index (χ4n) is 1.92. The van der Waals surface area contributed by atoms with Gasteiger partial charge in [-0.25, -0.2) is 0 Å². The van der Waals surface area contributed by atoms with Gasteiger partial charge in [0.15, 0.2) is 0 Å². The smallest absolute Gasteiger partial charge is 0.380 e. The average Bonchev–Trinajstić information content (AvgIpc) is 2.83. The standard InChI is InChI=1S/C14H13BrF3NS/c1-2-9-5-6-20-13(9)8-19-12-4-3-10(15)7-11(12)14(16,17)18/h3-7,19H,2,8H2,1H3. The minimum Gasteiger partial charge on any atom is -0.380 e. The molecule has 0 aliphatic heterocycles. The molecule has 0 unspecified atom stereocenters. The van der Waals surface area contributed by atoms with Gasteiger partial charge in [0.2, 0.25) is 0 Å². The van der Waals surface area contributed by atoms with Crippen LogP contribution in [0, 0.1) is 0 Å². The Kier molecular flexibility index (Phi) is 4.75. The van der Waals surface area contributed by atoms with Crippen molar-refractivity contribution in [2.45, 2.75) is 26.1 Å². The fourth-order valence-corrected chi connectivity index (χ4v) is 3.19. The van der Waals surface area contributed by atoms with Crippen LogP contribution < -0.4 is 5.32 Å². The highest BCUT2D eigenvalue weighted by atomic mass is 79.9. The molecule has 0 amide bonds. The van der Waals surface area contributed by atoms with Gasteiger partial charge in [-0.3, -0.25) is 0 Å². The Morgan fingerprint density at radius 3 is 2.65 bits per heavy atom. The van der Waals surface area contributed by atoms with Gasteiger partial charge in [-0.05, 0) is 41.6 Å². The molecule has 1 aromatic carbocycles. The summed E-state index contributed by atoms with van der Waals surface area (Å²) >= 11 is 4.63. The number of alkyl halides is 3. The van der Waals surface area contributed by atoms with Crippen LogP contribution in [0.1, 0.15) is 22.9 Å². The van der Waals surface area contributed by atoms with Gasteiger partial charge in [0.25, 0.3) is 0 Å². The summed E-state index contributed by atoms with van der Waals surface area (Å²) in [7, 11) is 0. The first-order chi connectivity index (χ1) is 9.41. The van der Waals surface area contributed by atoms with Crippen molar-refractivity contribution in [3.63, 3.8) is 0 Å². The first kappa shape index (κ1) is 15.4. The third kappa shape index (κ3) is 3.55. The van der Waals surface area contributed by atoms with E-state index < -0.39 is 11.7 Å². The number of thiophene rings is 1. The number of hydrogen-bond acceptors (Lipinski definition) is 2. The molecular weight excluding hydrogens is 351 g/mol. The lowest BCUT2D eigenvalue weighted by Crippen LogP contribution is -2.11. The van der Waals surface area contributed by atoms with E-state index in [1.54, 1.807) is 17.4 Å². The maximum atomic E-state index is 13.0. The Labute approximate surface area is 128 Å². The van der Waals surface area contributed by atoms with Crippen molar-refractivity contribution >= 4 is 33.0 Å².